The van der Waals surface area contributed by atoms with Gasteiger partial charge in [0, 0.05) is 17.4 Å². The van der Waals surface area contributed by atoms with Crippen molar-refractivity contribution in [1.82, 2.24) is 0 Å². The van der Waals surface area contributed by atoms with Crippen LogP contribution in [0.2, 0.25) is 0 Å². The number of Topliss-reactive ketones (excluding diaryl/α,β-unsaturated/α-hetero) is 1. The van der Waals surface area contributed by atoms with Crippen molar-refractivity contribution < 1.29 is 23.5 Å². The summed E-state index contributed by atoms with van der Waals surface area (Å²) in [5.41, 5.74) is 0.395. The van der Waals surface area contributed by atoms with Crippen molar-refractivity contribution in [2.45, 2.75) is 12.8 Å². The van der Waals surface area contributed by atoms with Gasteiger partial charge in [-0.25, -0.2) is 4.39 Å². The molecule has 0 aliphatic carbocycles. The van der Waals surface area contributed by atoms with Gasteiger partial charge >= 0.3 is 5.97 Å². The number of halogens is 2. The number of amides is 1. The number of fused-ring (bicyclic) bond motifs is 1. The summed E-state index contributed by atoms with van der Waals surface area (Å²) in [4.78, 5) is 36.0. The average Bonchev–Trinajstić information content (AvgIpc) is 2.64. The van der Waals surface area contributed by atoms with E-state index in [-0.39, 0.29) is 24.5 Å². The lowest BCUT2D eigenvalue weighted by Gasteiger charge is -2.17. The first-order valence-electron chi connectivity index (χ1n) is 5.87. The van der Waals surface area contributed by atoms with Gasteiger partial charge in [-0.1, -0.05) is 0 Å². The van der Waals surface area contributed by atoms with E-state index in [4.69, 9.17) is 0 Å². The van der Waals surface area contributed by atoms with Crippen LogP contribution in [0.1, 0.15) is 23.2 Å². The lowest BCUT2D eigenvalue weighted by Crippen LogP contribution is -2.31. The van der Waals surface area contributed by atoms with E-state index in [0.29, 0.717) is 16.6 Å². The molecule has 0 unspecified atom stereocenters. The standard InChI is InChI=1S/C13H11BrFNO4/c1-20-10(17)3-2-4-16-11-8(12(18)13(16)19)5-7(15)6-9(11)14/h5-6H,2-4H2,1H3. The molecule has 0 N–H and O–H groups in total. The molecule has 0 spiro atoms. The van der Waals surface area contributed by atoms with Gasteiger partial charge in [-0.05, 0) is 34.5 Å². The topological polar surface area (TPSA) is 63.7 Å². The highest BCUT2D eigenvalue weighted by Crippen LogP contribution is 2.37. The summed E-state index contributed by atoms with van der Waals surface area (Å²) in [7, 11) is 1.28. The third-order valence-corrected chi connectivity index (χ3v) is 3.58. The minimum Gasteiger partial charge on any atom is -0.469 e. The SMILES string of the molecule is COC(=O)CCCN1C(=O)C(=O)c2cc(F)cc(Br)c21. The minimum absolute atomic E-state index is 0.0416. The number of nitrogens with zero attached hydrogens (tertiary/aromatic N) is 1. The van der Waals surface area contributed by atoms with E-state index in [2.05, 4.69) is 20.7 Å². The largest absolute Gasteiger partial charge is 0.469 e. The Bertz CT molecular complexity index is 602. The molecule has 1 aromatic carbocycles. The van der Waals surface area contributed by atoms with Crippen LogP contribution in [0.4, 0.5) is 10.1 Å². The Morgan fingerprint density at radius 1 is 1.40 bits per heavy atom. The van der Waals surface area contributed by atoms with Crippen LogP contribution in [-0.2, 0) is 14.3 Å². The number of methoxy groups -OCH3 is 1. The molecule has 1 aliphatic heterocycles. The molecule has 0 radical (unpaired) electrons. The van der Waals surface area contributed by atoms with Crippen molar-refractivity contribution in [2.75, 3.05) is 18.6 Å². The predicted octanol–water partition coefficient (Wildman–Crippen LogP) is 2.07. The van der Waals surface area contributed by atoms with Gasteiger partial charge in [-0.15, -0.1) is 0 Å². The molecule has 1 heterocycles. The van der Waals surface area contributed by atoms with E-state index >= 15 is 0 Å². The highest BCUT2D eigenvalue weighted by atomic mass is 79.9. The van der Waals surface area contributed by atoms with Crippen LogP contribution in [0.3, 0.4) is 0 Å². The molecule has 1 amide bonds. The first-order valence-corrected chi connectivity index (χ1v) is 6.67. The lowest BCUT2D eigenvalue weighted by molar-refractivity contribution is -0.140. The van der Waals surface area contributed by atoms with Gasteiger partial charge < -0.3 is 9.64 Å². The summed E-state index contributed by atoms with van der Waals surface area (Å²) in [5.74, 6) is -2.43. The summed E-state index contributed by atoms with van der Waals surface area (Å²) in [6, 6.07) is 2.23. The molecular weight excluding hydrogens is 333 g/mol. The summed E-state index contributed by atoms with van der Waals surface area (Å²) in [6.07, 6.45) is 0.498. The number of benzene rings is 1. The number of ketones is 1. The number of carbonyl (C=O) groups excluding carboxylic acids is 3. The third kappa shape index (κ3) is 2.58. The third-order valence-electron chi connectivity index (χ3n) is 2.97. The molecule has 0 saturated carbocycles. The minimum atomic E-state index is -0.738. The Morgan fingerprint density at radius 3 is 2.75 bits per heavy atom. The number of anilines is 1. The maximum atomic E-state index is 13.3. The van der Waals surface area contributed by atoms with Crippen LogP contribution < -0.4 is 4.90 Å². The summed E-state index contributed by atoms with van der Waals surface area (Å²) < 4.78 is 18.1. The van der Waals surface area contributed by atoms with Crippen LogP contribution in [0, 0.1) is 5.82 Å². The highest BCUT2D eigenvalue weighted by Gasteiger charge is 2.37. The van der Waals surface area contributed by atoms with E-state index in [0.717, 1.165) is 6.07 Å². The maximum absolute atomic E-state index is 13.3. The molecule has 0 atom stereocenters. The van der Waals surface area contributed by atoms with Crippen LogP contribution in [0.25, 0.3) is 0 Å². The van der Waals surface area contributed by atoms with Gasteiger partial charge in [0.2, 0.25) is 0 Å². The van der Waals surface area contributed by atoms with Crippen molar-refractivity contribution in [3.8, 4) is 0 Å². The van der Waals surface area contributed by atoms with E-state index < -0.39 is 17.5 Å². The molecule has 106 valence electrons. The Morgan fingerprint density at radius 2 is 2.10 bits per heavy atom. The highest BCUT2D eigenvalue weighted by molar-refractivity contribution is 9.10. The first kappa shape index (κ1) is 14.6. The van der Waals surface area contributed by atoms with Crippen LogP contribution in [0.5, 0.6) is 0 Å². The first-order chi connectivity index (χ1) is 9.45. The van der Waals surface area contributed by atoms with Crippen molar-refractivity contribution in [2.24, 2.45) is 0 Å². The Labute approximate surface area is 122 Å². The Balaban J connectivity index is 2.22. The average molecular weight is 344 g/mol. The fourth-order valence-electron chi connectivity index (χ4n) is 2.05. The maximum Gasteiger partial charge on any atom is 0.305 e. The molecule has 2 rings (SSSR count). The van der Waals surface area contributed by atoms with Gasteiger partial charge in [0.25, 0.3) is 11.7 Å². The number of hydrogen-bond acceptors (Lipinski definition) is 4. The van der Waals surface area contributed by atoms with Gasteiger partial charge in [0.1, 0.15) is 5.82 Å². The fraction of sp³-hybridized carbons (Fsp3) is 0.308. The Kier molecular flexibility index (Phi) is 4.17. The molecule has 1 aromatic rings. The lowest BCUT2D eigenvalue weighted by atomic mass is 10.1. The second-order valence-corrected chi connectivity index (χ2v) is 5.10. The van der Waals surface area contributed by atoms with Crippen LogP contribution in [0.15, 0.2) is 16.6 Å². The zero-order valence-corrected chi connectivity index (χ0v) is 12.2. The second-order valence-electron chi connectivity index (χ2n) is 4.25. The van der Waals surface area contributed by atoms with E-state index in [1.165, 1.54) is 18.1 Å². The van der Waals surface area contributed by atoms with Gasteiger partial charge in [0.05, 0.1) is 18.4 Å². The van der Waals surface area contributed by atoms with Crippen molar-refractivity contribution in [3.05, 3.63) is 28.0 Å². The zero-order chi connectivity index (χ0) is 14.9. The van der Waals surface area contributed by atoms with E-state index in [9.17, 15) is 18.8 Å². The van der Waals surface area contributed by atoms with Crippen molar-refractivity contribution in [3.63, 3.8) is 0 Å². The van der Waals surface area contributed by atoms with Crippen LogP contribution >= 0.6 is 15.9 Å². The molecule has 20 heavy (non-hydrogen) atoms. The van der Waals surface area contributed by atoms with E-state index in [1.54, 1.807) is 0 Å². The molecular formula is C13H11BrFNO4. The molecule has 0 fully saturated rings. The molecule has 7 heteroatoms. The quantitative estimate of drug-likeness (QED) is 0.620. The number of hydrogen-bond donors (Lipinski definition) is 0. The summed E-state index contributed by atoms with van der Waals surface area (Å²) in [6.45, 7) is 0.191. The number of rotatable bonds is 4. The molecule has 5 nitrogen and oxygen atoms in total. The van der Waals surface area contributed by atoms with Gasteiger partial charge in [-0.2, -0.15) is 0 Å². The smallest absolute Gasteiger partial charge is 0.305 e. The van der Waals surface area contributed by atoms with Crippen molar-refractivity contribution >= 4 is 39.3 Å². The molecule has 0 aromatic heterocycles. The number of esters is 1. The van der Waals surface area contributed by atoms with Gasteiger partial charge in [0.15, 0.2) is 0 Å². The predicted molar refractivity (Wildman–Crippen MR) is 72.0 cm³/mol. The summed E-state index contributed by atoms with van der Waals surface area (Å²) in [5, 5.41) is 0. The molecule has 0 saturated heterocycles. The summed E-state index contributed by atoms with van der Waals surface area (Å²) >= 11 is 3.15. The fourth-order valence-corrected chi connectivity index (χ4v) is 2.70. The second kappa shape index (κ2) is 5.70. The monoisotopic (exact) mass is 343 g/mol. The normalized spacial score (nSPS) is 13.7. The van der Waals surface area contributed by atoms with Gasteiger partial charge in [-0.3, -0.25) is 14.4 Å². The van der Waals surface area contributed by atoms with Crippen LogP contribution in [-0.4, -0.2) is 31.3 Å². The molecule has 0 bridgehead atoms. The zero-order valence-electron chi connectivity index (χ0n) is 10.6. The van der Waals surface area contributed by atoms with E-state index in [1.807, 2.05) is 0 Å². The number of carbonyl (C=O) groups is 3. The Hall–Kier alpha value is -1.76. The molecule has 1 aliphatic rings. The van der Waals surface area contributed by atoms with Crippen molar-refractivity contribution in [1.29, 1.82) is 0 Å². The number of ether oxygens (including phenoxy) is 1.